The number of methoxy groups -OCH3 is 1. The zero-order valence-corrected chi connectivity index (χ0v) is 18.3. The van der Waals surface area contributed by atoms with E-state index in [0.717, 1.165) is 11.1 Å². The Bertz CT molecular complexity index is 467. The van der Waals surface area contributed by atoms with Gasteiger partial charge >= 0.3 is 0 Å². The first-order valence-electron chi connectivity index (χ1n) is 9.73. The summed E-state index contributed by atoms with van der Waals surface area (Å²) in [6.07, 6.45) is 0. The molecule has 0 saturated heterocycles. The molecule has 146 valence electrons. The molecular weight excluding hydrogens is 310 g/mol. The van der Waals surface area contributed by atoms with Crippen LogP contribution in [0.3, 0.4) is 0 Å². The first-order valence-corrected chi connectivity index (χ1v) is 9.73. The summed E-state index contributed by atoms with van der Waals surface area (Å²) in [6, 6.07) is 7.98. The average molecular weight is 352 g/mol. The molecule has 0 aliphatic heterocycles. The van der Waals surface area contributed by atoms with Gasteiger partial charge in [0, 0.05) is 25.8 Å². The third kappa shape index (κ3) is 7.60. The van der Waals surface area contributed by atoms with E-state index in [1.54, 1.807) is 7.11 Å². The molecule has 3 heteroatoms. The third-order valence-electron chi connectivity index (χ3n) is 4.53. The van der Waals surface area contributed by atoms with Crippen LogP contribution >= 0.6 is 0 Å². The molecule has 1 rings (SSSR count). The van der Waals surface area contributed by atoms with Gasteiger partial charge in [-0.25, -0.2) is 0 Å². The van der Waals surface area contributed by atoms with E-state index in [-0.39, 0.29) is 11.3 Å². The van der Waals surface area contributed by atoms with Gasteiger partial charge in [-0.15, -0.1) is 0 Å². The SMILES string of the molecule is CC.CC.CCN(CCOC)C(=O)c1ccccc1C(C)(C)C(C)C. The maximum Gasteiger partial charge on any atom is 0.254 e. The first-order chi connectivity index (χ1) is 11.9. The Morgan fingerprint density at radius 3 is 2.08 bits per heavy atom. The highest BCUT2D eigenvalue weighted by atomic mass is 16.5. The highest BCUT2D eigenvalue weighted by Crippen LogP contribution is 2.34. The molecule has 0 spiro atoms. The van der Waals surface area contributed by atoms with Crippen LogP contribution < -0.4 is 0 Å². The number of nitrogens with zero attached hydrogens (tertiary/aromatic N) is 1. The minimum absolute atomic E-state index is 0.0348. The van der Waals surface area contributed by atoms with Gasteiger partial charge in [0.1, 0.15) is 0 Å². The first kappa shape index (κ1) is 25.9. The van der Waals surface area contributed by atoms with Gasteiger partial charge in [-0.05, 0) is 29.9 Å². The van der Waals surface area contributed by atoms with Gasteiger partial charge in [-0.3, -0.25) is 4.79 Å². The molecule has 0 unspecified atom stereocenters. The largest absolute Gasteiger partial charge is 0.383 e. The second-order valence-electron chi connectivity index (χ2n) is 6.30. The number of hydrogen-bond donors (Lipinski definition) is 0. The summed E-state index contributed by atoms with van der Waals surface area (Å²) in [5, 5.41) is 0. The van der Waals surface area contributed by atoms with Gasteiger partial charge in [0.15, 0.2) is 0 Å². The molecule has 0 aromatic heterocycles. The minimum atomic E-state index is -0.0348. The van der Waals surface area contributed by atoms with Crippen molar-refractivity contribution in [3.8, 4) is 0 Å². The fourth-order valence-electron chi connectivity index (χ4n) is 2.32. The van der Waals surface area contributed by atoms with Crippen LogP contribution in [-0.2, 0) is 10.2 Å². The van der Waals surface area contributed by atoms with Crippen molar-refractivity contribution in [2.75, 3.05) is 26.8 Å². The number of benzene rings is 1. The van der Waals surface area contributed by atoms with Crippen LogP contribution in [0.5, 0.6) is 0 Å². The van der Waals surface area contributed by atoms with Crippen molar-refractivity contribution in [2.24, 2.45) is 5.92 Å². The van der Waals surface area contributed by atoms with Gasteiger partial charge in [-0.2, -0.15) is 0 Å². The normalized spacial score (nSPS) is 10.4. The van der Waals surface area contributed by atoms with E-state index < -0.39 is 0 Å². The van der Waals surface area contributed by atoms with Gasteiger partial charge in [0.25, 0.3) is 5.91 Å². The van der Waals surface area contributed by atoms with E-state index in [1.807, 2.05) is 57.7 Å². The Balaban J connectivity index is 0. The topological polar surface area (TPSA) is 29.5 Å². The van der Waals surface area contributed by atoms with E-state index in [0.29, 0.717) is 25.6 Å². The minimum Gasteiger partial charge on any atom is -0.383 e. The summed E-state index contributed by atoms with van der Waals surface area (Å²) < 4.78 is 5.10. The van der Waals surface area contributed by atoms with Gasteiger partial charge in [-0.1, -0.05) is 73.6 Å². The molecule has 1 aromatic rings. The van der Waals surface area contributed by atoms with Gasteiger partial charge in [0.05, 0.1) is 6.61 Å². The molecule has 25 heavy (non-hydrogen) atoms. The Kier molecular flexibility index (Phi) is 14.4. The highest BCUT2D eigenvalue weighted by Gasteiger charge is 2.30. The third-order valence-corrected chi connectivity index (χ3v) is 4.53. The zero-order chi connectivity index (χ0) is 20.0. The van der Waals surface area contributed by atoms with E-state index in [9.17, 15) is 4.79 Å². The summed E-state index contributed by atoms with van der Waals surface area (Å²) in [7, 11) is 1.66. The zero-order valence-electron chi connectivity index (χ0n) is 18.3. The summed E-state index contributed by atoms with van der Waals surface area (Å²) >= 11 is 0. The van der Waals surface area contributed by atoms with Crippen molar-refractivity contribution in [3.05, 3.63) is 35.4 Å². The summed E-state index contributed by atoms with van der Waals surface area (Å²) in [5.74, 6) is 0.555. The lowest BCUT2D eigenvalue weighted by atomic mass is 9.73. The molecule has 0 aliphatic rings. The fourth-order valence-corrected chi connectivity index (χ4v) is 2.32. The van der Waals surface area contributed by atoms with Gasteiger partial charge < -0.3 is 9.64 Å². The quantitative estimate of drug-likeness (QED) is 0.623. The molecule has 0 aliphatic carbocycles. The van der Waals surface area contributed by atoms with Crippen molar-refractivity contribution in [1.29, 1.82) is 0 Å². The van der Waals surface area contributed by atoms with Crippen LogP contribution in [0.25, 0.3) is 0 Å². The van der Waals surface area contributed by atoms with Crippen LogP contribution in [-0.4, -0.2) is 37.6 Å². The van der Waals surface area contributed by atoms with E-state index in [2.05, 4.69) is 33.8 Å². The summed E-state index contributed by atoms with van der Waals surface area (Å²) in [4.78, 5) is 14.7. The Hall–Kier alpha value is -1.35. The molecule has 1 amide bonds. The molecule has 0 bridgehead atoms. The van der Waals surface area contributed by atoms with E-state index >= 15 is 0 Å². The standard InChI is InChI=1S/C18H29NO2.2C2H6/c1-7-19(12-13-21-6)17(20)15-10-8-9-11-16(15)18(4,5)14(2)3;2*1-2/h8-11,14H,7,12-13H2,1-6H3;2*1-2H3. The number of rotatable bonds is 7. The van der Waals surface area contributed by atoms with Crippen LogP contribution in [0.2, 0.25) is 0 Å². The number of carbonyl (C=O) groups is 1. The number of carbonyl (C=O) groups excluding carboxylic acids is 1. The van der Waals surface area contributed by atoms with E-state index in [1.165, 1.54) is 0 Å². The maximum absolute atomic E-state index is 12.8. The van der Waals surface area contributed by atoms with Gasteiger partial charge in [0.2, 0.25) is 0 Å². The smallest absolute Gasteiger partial charge is 0.254 e. The number of ether oxygens (including phenoxy) is 1. The maximum atomic E-state index is 12.8. The highest BCUT2D eigenvalue weighted by molar-refractivity contribution is 5.96. The van der Waals surface area contributed by atoms with E-state index in [4.69, 9.17) is 4.74 Å². The van der Waals surface area contributed by atoms with Crippen LogP contribution in [0, 0.1) is 5.92 Å². The Morgan fingerprint density at radius 1 is 1.12 bits per heavy atom. The molecule has 1 aromatic carbocycles. The number of likely N-dealkylation sites (N-methyl/N-ethyl adjacent to an activating group) is 1. The lowest BCUT2D eigenvalue weighted by molar-refractivity contribution is 0.0703. The molecular formula is C22H41NO2. The molecule has 0 saturated carbocycles. The molecule has 0 N–H and O–H groups in total. The number of amides is 1. The number of hydrogen-bond acceptors (Lipinski definition) is 2. The van der Waals surface area contributed by atoms with Crippen molar-refractivity contribution in [3.63, 3.8) is 0 Å². The van der Waals surface area contributed by atoms with Crippen molar-refractivity contribution >= 4 is 5.91 Å². The Labute approximate surface area is 156 Å². The van der Waals surface area contributed by atoms with Crippen molar-refractivity contribution in [1.82, 2.24) is 4.90 Å². The molecule has 0 radical (unpaired) electrons. The lowest BCUT2D eigenvalue weighted by Gasteiger charge is -2.33. The molecule has 0 heterocycles. The second kappa shape index (κ2) is 13.9. The van der Waals surface area contributed by atoms with Crippen LogP contribution in [0.1, 0.15) is 78.2 Å². The second-order valence-corrected chi connectivity index (χ2v) is 6.30. The van der Waals surface area contributed by atoms with Crippen LogP contribution in [0.15, 0.2) is 24.3 Å². The molecule has 0 atom stereocenters. The monoisotopic (exact) mass is 351 g/mol. The fraction of sp³-hybridized carbons (Fsp3) is 0.682. The average Bonchev–Trinajstić information content (AvgIpc) is 2.65. The van der Waals surface area contributed by atoms with Crippen molar-refractivity contribution in [2.45, 2.75) is 67.7 Å². The summed E-state index contributed by atoms with van der Waals surface area (Å²) in [5.41, 5.74) is 1.91. The lowest BCUT2D eigenvalue weighted by Crippen LogP contribution is -2.36. The summed E-state index contributed by atoms with van der Waals surface area (Å²) in [6.45, 7) is 20.7. The predicted octanol–water partition coefficient (Wildman–Crippen LogP) is 5.78. The predicted molar refractivity (Wildman–Crippen MR) is 110 cm³/mol. The van der Waals surface area contributed by atoms with Crippen LogP contribution in [0.4, 0.5) is 0 Å². The molecule has 0 fully saturated rings. The molecule has 3 nitrogen and oxygen atoms in total. The Morgan fingerprint density at radius 2 is 1.64 bits per heavy atom. The van der Waals surface area contributed by atoms with Crippen molar-refractivity contribution < 1.29 is 9.53 Å².